The largest absolute Gasteiger partial charge is 0.327 e. The van der Waals surface area contributed by atoms with Gasteiger partial charge in [0.2, 0.25) is 0 Å². The summed E-state index contributed by atoms with van der Waals surface area (Å²) in [6, 6.07) is 11.2. The summed E-state index contributed by atoms with van der Waals surface area (Å²) < 4.78 is 0. The average molecular weight is 356 g/mol. The van der Waals surface area contributed by atoms with Gasteiger partial charge in [-0.1, -0.05) is 58.0 Å². The third-order valence-corrected chi connectivity index (χ3v) is 4.44. The zero-order chi connectivity index (χ0) is 19.4. The maximum atomic E-state index is 6.35. The normalized spacial score (nSPS) is 14.2. The number of fused-ring (bicyclic) bond motifs is 1. The van der Waals surface area contributed by atoms with E-state index in [9.17, 15) is 0 Å². The summed E-state index contributed by atoms with van der Waals surface area (Å²) in [4.78, 5) is 6.74. The molecule has 0 saturated heterocycles. The molecule has 26 heavy (non-hydrogen) atoms. The zero-order valence-electron chi connectivity index (χ0n) is 17.3. The first-order valence-electron chi connectivity index (χ1n) is 10.2. The minimum Gasteiger partial charge on any atom is -0.327 e. The van der Waals surface area contributed by atoms with Crippen LogP contribution < -0.4 is 5.73 Å². The first kappa shape index (κ1) is 22.3. The number of benzene rings is 1. The Balaban J connectivity index is 0.000000791. The van der Waals surface area contributed by atoms with Crippen molar-refractivity contribution >= 4 is 0 Å². The average Bonchev–Trinajstić information content (AvgIpc) is 2.69. The van der Waals surface area contributed by atoms with Crippen molar-refractivity contribution in [1.29, 1.82) is 0 Å². The van der Waals surface area contributed by atoms with E-state index in [0.717, 1.165) is 38.9 Å². The lowest BCUT2D eigenvalue weighted by molar-refractivity contribution is 0.234. The number of aromatic nitrogens is 1. The number of pyridine rings is 1. The molecular weight excluding hydrogens is 318 g/mol. The topological polar surface area (TPSA) is 42.1 Å². The molecule has 3 nitrogen and oxygen atoms in total. The Morgan fingerprint density at radius 3 is 2.46 bits per heavy atom. The van der Waals surface area contributed by atoms with Crippen LogP contribution in [0.15, 0.2) is 42.7 Å². The molecule has 1 unspecified atom stereocenters. The van der Waals surface area contributed by atoms with Crippen LogP contribution in [0.4, 0.5) is 0 Å². The van der Waals surface area contributed by atoms with Gasteiger partial charge in [0, 0.05) is 38.1 Å². The molecule has 0 bridgehead atoms. The number of hydrogen-bond donors (Lipinski definition) is 1. The summed E-state index contributed by atoms with van der Waals surface area (Å²) >= 11 is 0. The van der Waals surface area contributed by atoms with Gasteiger partial charge in [-0.05, 0) is 48.4 Å². The number of nitrogens with two attached hydrogens (primary N) is 1. The smallest absolute Gasteiger partial charge is 0.0300 e. The van der Waals surface area contributed by atoms with Crippen LogP contribution in [0.1, 0.15) is 56.4 Å². The second-order valence-electron chi connectivity index (χ2n) is 6.42. The van der Waals surface area contributed by atoms with Gasteiger partial charge in [-0.3, -0.25) is 9.88 Å². The molecule has 1 aliphatic heterocycles. The van der Waals surface area contributed by atoms with Gasteiger partial charge in [-0.15, -0.1) is 0 Å². The van der Waals surface area contributed by atoms with E-state index in [0.29, 0.717) is 0 Å². The summed E-state index contributed by atoms with van der Waals surface area (Å²) in [6.07, 6.45) is 7.03. The highest BCUT2D eigenvalue weighted by Crippen LogP contribution is 2.18. The van der Waals surface area contributed by atoms with Gasteiger partial charge < -0.3 is 5.73 Å². The summed E-state index contributed by atoms with van der Waals surface area (Å²) in [6.45, 7) is 13.2. The number of aryl methyl sites for hydroxylation is 2. The highest BCUT2D eigenvalue weighted by Gasteiger charge is 2.17. The molecule has 1 atom stereocenters. The molecule has 1 aromatic heterocycles. The molecule has 3 heteroatoms. The third kappa shape index (κ3) is 7.27. The van der Waals surface area contributed by atoms with Crippen molar-refractivity contribution in [2.45, 2.75) is 66.5 Å². The van der Waals surface area contributed by atoms with Crippen molar-refractivity contribution in [1.82, 2.24) is 9.88 Å². The molecule has 0 fully saturated rings. The molecule has 144 valence electrons. The summed E-state index contributed by atoms with van der Waals surface area (Å²) in [5.74, 6) is 0. The van der Waals surface area contributed by atoms with Gasteiger partial charge in [-0.2, -0.15) is 0 Å². The van der Waals surface area contributed by atoms with Gasteiger partial charge in [0.15, 0.2) is 0 Å². The van der Waals surface area contributed by atoms with Crippen LogP contribution >= 0.6 is 0 Å². The van der Waals surface area contributed by atoms with Crippen molar-refractivity contribution in [3.05, 3.63) is 65.0 Å². The van der Waals surface area contributed by atoms with Crippen LogP contribution in [-0.4, -0.2) is 29.0 Å². The van der Waals surface area contributed by atoms with E-state index in [1.54, 1.807) is 0 Å². The minimum absolute atomic E-state index is 0.228. The monoisotopic (exact) mass is 355 g/mol. The van der Waals surface area contributed by atoms with Gasteiger partial charge in [-0.25, -0.2) is 0 Å². The quantitative estimate of drug-likeness (QED) is 0.841. The van der Waals surface area contributed by atoms with E-state index >= 15 is 0 Å². The Hall–Kier alpha value is -1.71. The molecule has 0 saturated carbocycles. The van der Waals surface area contributed by atoms with Crippen molar-refractivity contribution in [3.8, 4) is 0 Å². The molecule has 2 aromatic rings. The molecule has 1 aromatic carbocycles. The second-order valence-corrected chi connectivity index (χ2v) is 6.42. The SMILES string of the molecule is CC.CC.Cc1cncc(CCC(N)CN2CCc3ccccc3C2)c1. The second kappa shape index (κ2) is 12.6. The van der Waals surface area contributed by atoms with Crippen molar-refractivity contribution < 1.29 is 0 Å². The Kier molecular flexibility index (Phi) is 10.8. The first-order chi connectivity index (χ1) is 12.7. The molecular formula is C23H37N3. The highest BCUT2D eigenvalue weighted by atomic mass is 15.1. The van der Waals surface area contributed by atoms with Crippen LogP contribution in [0.25, 0.3) is 0 Å². The van der Waals surface area contributed by atoms with E-state index in [2.05, 4.69) is 47.1 Å². The molecule has 1 aliphatic rings. The Bertz CT molecular complexity index is 624. The maximum Gasteiger partial charge on any atom is 0.0300 e. The lowest BCUT2D eigenvalue weighted by Gasteiger charge is -2.30. The molecule has 3 rings (SSSR count). The van der Waals surface area contributed by atoms with Crippen molar-refractivity contribution in [2.75, 3.05) is 13.1 Å². The lowest BCUT2D eigenvalue weighted by atomic mass is 9.99. The Labute approximate surface area is 160 Å². The van der Waals surface area contributed by atoms with E-state index in [1.165, 1.54) is 22.3 Å². The number of hydrogen-bond acceptors (Lipinski definition) is 3. The number of rotatable bonds is 5. The van der Waals surface area contributed by atoms with Crippen LogP contribution in [0.2, 0.25) is 0 Å². The van der Waals surface area contributed by atoms with Gasteiger partial charge in [0.05, 0.1) is 0 Å². The zero-order valence-corrected chi connectivity index (χ0v) is 17.3. The van der Waals surface area contributed by atoms with Crippen LogP contribution in [-0.2, 0) is 19.4 Å². The first-order valence-corrected chi connectivity index (χ1v) is 10.2. The van der Waals surface area contributed by atoms with Crippen molar-refractivity contribution in [2.24, 2.45) is 5.73 Å². The van der Waals surface area contributed by atoms with Gasteiger partial charge in [0.25, 0.3) is 0 Å². The van der Waals surface area contributed by atoms with Gasteiger partial charge >= 0.3 is 0 Å². The van der Waals surface area contributed by atoms with Crippen LogP contribution in [0.3, 0.4) is 0 Å². The fourth-order valence-electron chi connectivity index (χ4n) is 3.24. The Morgan fingerprint density at radius 1 is 1.08 bits per heavy atom. The number of nitrogens with zero attached hydrogens (tertiary/aromatic N) is 2. The van der Waals surface area contributed by atoms with E-state index in [4.69, 9.17) is 5.73 Å². The van der Waals surface area contributed by atoms with Crippen molar-refractivity contribution in [3.63, 3.8) is 0 Å². The van der Waals surface area contributed by atoms with Gasteiger partial charge in [0.1, 0.15) is 0 Å². The molecule has 0 amide bonds. The highest BCUT2D eigenvalue weighted by molar-refractivity contribution is 5.29. The van der Waals surface area contributed by atoms with E-state index < -0.39 is 0 Å². The predicted octanol–water partition coefficient (Wildman–Crippen LogP) is 4.76. The molecule has 2 N–H and O–H groups in total. The fourth-order valence-corrected chi connectivity index (χ4v) is 3.24. The standard InChI is InChI=1S/C19H25N3.2C2H6/c1-15-10-16(12-21-11-15)6-7-19(20)14-22-9-8-17-4-2-3-5-18(17)13-22;2*1-2/h2-5,10-12,19H,6-9,13-14,20H2,1H3;2*1-2H3. The van der Waals surface area contributed by atoms with E-state index in [1.807, 2.05) is 40.1 Å². The minimum atomic E-state index is 0.228. The summed E-state index contributed by atoms with van der Waals surface area (Å²) in [5.41, 5.74) is 11.8. The lowest BCUT2D eigenvalue weighted by Crippen LogP contribution is -2.40. The van der Waals surface area contributed by atoms with Crippen LogP contribution in [0, 0.1) is 6.92 Å². The molecule has 0 aliphatic carbocycles. The summed E-state index contributed by atoms with van der Waals surface area (Å²) in [5, 5.41) is 0. The fraction of sp³-hybridized carbons (Fsp3) is 0.522. The Morgan fingerprint density at radius 2 is 1.77 bits per heavy atom. The van der Waals surface area contributed by atoms with E-state index in [-0.39, 0.29) is 6.04 Å². The maximum absolute atomic E-state index is 6.35. The third-order valence-electron chi connectivity index (χ3n) is 4.44. The molecule has 2 heterocycles. The summed E-state index contributed by atoms with van der Waals surface area (Å²) in [7, 11) is 0. The molecule has 0 spiro atoms. The molecule has 0 radical (unpaired) electrons. The predicted molar refractivity (Wildman–Crippen MR) is 113 cm³/mol. The van der Waals surface area contributed by atoms with Crippen LogP contribution in [0.5, 0.6) is 0 Å².